The zero-order valence-electron chi connectivity index (χ0n) is 8.29. The molecule has 3 N–H and O–H groups in total. The van der Waals surface area contributed by atoms with Crippen LogP contribution in [0.15, 0.2) is 18.2 Å². The largest absolute Gasteiger partial charge is 0.497 e. The highest BCUT2D eigenvalue weighted by atomic mass is 16.5. The van der Waals surface area contributed by atoms with E-state index in [1.165, 1.54) is 5.56 Å². The monoisotopic (exact) mass is 193 g/mol. The van der Waals surface area contributed by atoms with Crippen molar-refractivity contribution in [2.24, 2.45) is 5.73 Å². The first kappa shape index (κ1) is 9.49. The zero-order chi connectivity index (χ0) is 10.2. The number of rotatable bonds is 2. The highest BCUT2D eigenvalue weighted by Gasteiger charge is 2.34. The number of aliphatic hydroxyl groups excluding tert-OH is 1. The lowest BCUT2D eigenvalue weighted by Gasteiger charge is -2.22. The number of aryl methyl sites for hydroxylation is 1. The van der Waals surface area contributed by atoms with Crippen molar-refractivity contribution in [2.75, 3.05) is 13.7 Å². The van der Waals surface area contributed by atoms with Crippen molar-refractivity contribution in [2.45, 2.75) is 18.4 Å². The summed E-state index contributed by atoms with van der Waals surface area (Å²) in [7, 11) is 1.63. The van der Waals surface area contributed by atoms with Crippen molar-refractivity contribution < 1.29 is 9.84 Å². The quantitative estimate of drug-likeness (QED) is 0.730. The molecule has 3 heteroatoms. The van der Waals surface area contributed by atoms with Gasteiger partial charge in [0.25, 0.3) is 0 Å². The van der Waals surface area contributed by atoms with Crippen molar-refractivity contribution in [3.8, 4) is 5.75 Å². The molecule has 0 spiro atoms. The van der Waals surface area contributed by atoms with Gasteiger partial charge < -0.3 is 15.6 Å². The van der Waals surface area contributed by atoms with Gasteiger partial charge in [0.2, 0.25) is 0 Å². The average Bonchev–Trinajstić information content (AvgIpc) is 2.57. The summed E-state index contributed by atoms with van der Waals surface area (Å²) < 4.78 is 5.14. The topological polar surface area (TPSA) is 55.5 Å². The Balaban J connectivity index is 2.47. The van der Waals surface area contributed by atoms with E-state index in [1.54, 1.807) is 7.11 Å². The third-order valence-corrected chi connectivity index (χ3v) is 2.98. The van der Waals surface area contributed by atoms with E-state index >= 15 is 0 Å². The summed E-state index contributed by atoms with van der Waals surface area (Å²) in [5.74, 6) is 0.800. The molecule has 1 aliphatic rings. The van der Waals surface area contributed by atoms with Gasteiger partial charge in [-0.1, -0.05) is 6.07 Å². The maximum Gasteiger partial charge on any atom is 0.119 e. The Labute approximate surface area is 83.5 Å². The van der Waals surface area contributed by atoms with E-state index in [1.807, 2.05) is 18.2 Å². The Bertz CT molecular complexity index is 351. The van der Waals surface area contributed by atoms with Crippen LogP contribution in [-0.4, -0.2) is 18.8 Å². The summed E-state index contributed by atoms with van der Waals surface area (Å²) in [5.41, 5.74) is 7.77. The normalized spacial score (nSPS) is 24.8. The van der Waals surface area contributed by atoms with E-state index in [0.29, 0.717) is 0 Å². The van der Waals surface area contributed by atoms with Gasteiger partial charge in [0.05, 0.1) is 19.3 Å². The Morgan fingerprint density at radius 1 is 1.57 bits per heavy atom. The van der Waals surface area contributed by atoms with Crippen LogP contribution in [0.2, 0.25) is 0 Å². The number of fused-ring (bicyclic) bond motifs is 1. The highest BCUT2D eigenvalue weighted by molar-refractivity contribution is 5.43. The number of benzene rings is 1. The highest BCUT2D eigenvalue weighted by Crippen LogP contribution is 2.36. The molecule has 0 saturated heterocycles. The molecule has 1 atom stereocenters. The number of nitrogens with two attached hydrogens (primary N) is 1. The van der Waals surface area contributed by atoms with Crippen molar-refractivity contribution in [1.82, 2.24) is 0 Å². The van der Waals surface area contributed by atoms with Crippen molar-refractivity contribution in [3.63, 3.8) is 0 Å². The molecular weight excluding hydrogens is 178 g/mol. The fourth-order valence-corrected chi connectivity index (χ4v) is 2.02. The van der Waals surface area contributed by atoms with Crippen LogP contribution in [0.1, 0.15) is 17.5 Å². The lowest BCUT2D eigenvalue weighted by molar-refractivity contribution is 0.196. The van der Waals surface area contributed by atoms with Gasteiger partial charge in [-0.25, -0.2) is 0 Å². The summed E-state index contributed by atoms with van der Waals surface area (Å²) in [4.78, 5) is 0. The van der Waals surface area contributed by atoms with Crippen LogP contribution < -0.4 is 10.5 Å². The van der Waals surface area contributed by atoms with Gasteiger partial charge in [-0.15, -0.1) is 0 Å². The SMILES string of the molecule is COc1ccc2c(c1)[C@](N)(CO)CC2. The van der Waals surface area contributed by atoms with Crippen LogP contribution >= 0.6 is 0 Å². The zero-order valence-corrected chi connectivity index (χ0v) is 8.29. The van der Waals surface area contributed by atoms with Gasteiger partial charge in [-0.05, 0) is 36.1 Å². The first-order chi connectivity index (χ1) is 6.69. The van der Waals surface area contributed by atoms with Crippen molar-refractivity contribution in [3.05, 3.63) is 29.3 Å². The molecule has 0 bridgehead atoms. The molecule has 76 valence electrons. The van der Waals surface area contributed by atoms with Crippen LogP contribution in [0.4, 0.5) is 0 Å². The maximum atomic E-state index is 9.27. The summed E-state index contributed by atoms with van der Waals surface area (Å²) in [5, 5.41) is 9.27. The molecule has 0 aliphatic heterocycles. The minimum atomic E-state index is -0.566. The lowest BCUT2D eigenvalue weighted by atomic mass is 9.94. The summed E-state index contributed by atoms with van der Waals surface area (Å²) in [6.45, 7) is -0.00678. The molecule has 2 rings (SSSR count). The summed E-state index contributed by atoms with van der Waals surface area (Å²) in [6.07, 6.45) is 1.75. The predicted octanol–water partition coefficient (Wildman–Crippen LogP) is 0.788. The minimum Gasteiger partial charge on any atom is -0.497 e. The lowest BCUT2D eigenvalue weighted by Crippen LogP contribution is -2.37. The molecule has 0 amide bonds. The second kappa shape index (κ2) is 3.26. The van der Waals surface area contributed by atoms with Crippen LogP contribution in [-0.2, 0) is 12.0 Å². The van der Waals surface area contributed by atoms with Crippen molar-refractivity contribution in [1.29, 1.82) is 0 Å². The smallest absolute Gasteiger partial charge is 0.119 e. The van der Waals surface area contributed by atoms with E-state index < -0.39 is 5.54 Å². The van der Waals surface area contributed by atoms with Crippen LogP contribution in [0.5, 0.6) is 5.75 Å². The third-order valence-electron chi connectivity index (χ3n) is 2.98. The van der Waals surface area contributed by atoms with Crippen molar-refractivity contribution >= 4 is 0 Å². The number of ether oxygens (including phenoxy) is 1. The molecule has 0 unspecified atom stereocenters. The molecule has 0 fully saturated rings. The fourth-order valence-electron chi connectivity index (χ4n) is 2.02. The molecule has 1 aliphatic carbocycles. The summed E-state index contributed by atoms with van der Waals surface area (Å²) in [6, 6.07) is 5.89. The maximum absolute atomic E-state index is 9.27. The van der Waals surface area contributed by atoms with Gasteiger partial charge in [-0.3, -0.25) is 0 Å². The number of methoxy groups -OCH3 is 1. The van der Waals surface area contributed by atoms with E-state index in [2.05, 4.69) is 0 Å². The van der Waals surface area contributed by atoms with Gasteiger partial charge >= 0.3 is 0 Å². The van der Waals surface area contributed by atoms with Crippen LogP contribution in [0.3, 0.4) is 0 Å². The van der Waals surface area contributed by atoms with Crippen LogP contribution in [0.25, 0.3) is 0 Å². The number of hydrogen-bond acceptors (Lipinski definition) is 3. The molecular formula is C11H15NO2. The second-order valence-corrected chi connectivity index (χ2v) is 3.84. The predicted molar refractivity (Wildman–Crippen MR) is 54.3 cm³/mol. The number of aliphatic hydroxyl groups is 1. The molecule has 0 heterocycles. The van der Waals surface area contributed by atoms with E-state index in [-0.39, 0.29) is 6.61 Å². The summed E-state index contributed by atoms with van der Waals surface area (Å²) >= 11 is 0. The van der Waals surface area contributed by atoms with E-state index in [0.717, 1.165) is 24.2 Å². The Hall–Kier alpha value is -1.06. The van der Waals surface area contributed by atoms with Gasteiger partial charge in [0.15, 0.2) is 0 Å². The minimum absolute atomic E-state index is 0.00678. The van der Waals surface area contributed by atoms with Crippen LogP contribution in [0, 0.1) is 0 Å². The first-order valence-corrected chi connectivity index (χ1v) is 4.77. The first-order valence-electron chi connectivity index (χ1n) is 4.77. The third kappa shape index (κ3) is 1.29. The standard InChI is InChI=1S/C11H15NO2/c1-14-9-3-2-8-4-5-11(12,7-13)10(8)6-9/h2-3,6,13H,4-5,7,12H2,1H3/t11-/m1/s1. The molecule has 14 heavy (non-hydrogen) atoms. The van der Waals surface area contributed by atoms with Gasteiger partial charge in [-0.2, -0.15) is 0 Å². The van der Waals surface area contributed by atoms with E-state index in [4.69, 9.17) is 10.5 Å². The average molecular weight is 193 g/mol. The molecule has 3 nitrogen and oxygen atoms in total. The Kier molecular flexibility index (Phi) is 2.21. The van der Waals surface area contributed by atoms with Gasteiger partial charge in [0, 0.05) is 0 Å². The molecule has 0 aromatic heterocycles. The second-order valence-electron chi connectivity index (χ2n) is 3.84. The van der Waals surface area contributed by atoms with E-state index in [9.17, 15) is 5.11 Å². The molecule has 0 radical (unpaired) electrons. The Morgan fingerprint density at radius 3 is 3.00 bits per heavy atom. The molecule has 0 saturated carbocycles. The number of hydrogen-bond donors (Lipinski definition) is 2. The fraction of sp³-hybridized carbons (Fsp3) is 0.455. The molecule has 1 aromatic carbocycles. The molecule has 1 aromatic rings. The Morgan fingerprint density at radius 2 is 2.36 bits per heavy atom. The van der Waals surface area contributed by atoms with Gasteiger partial charge in [0.1, 0.15) is 5.75 Å².